The second-order valence-corrected chi connectivity index (χ2v) is 5.24. The molecule has 1 saturated carbocycles. The molecule has 0 bridgehead atoms. The fraction of sp³-hybridized carbons (Fsp3) is 0.846. The number of rotatable bonds is 5. The molecule has 2 N–H and O–H groups in total. The minimum absolute atomic E-state index is 0.0189. The molecule has 1 aromatic rings. The van der Waals surface area contributed by atoms with Crippen molar-refractivity contribution >= 4 is 0 Å². The van der Waals surface area contributed by atoms with Gasteiger partial charge in [0, 0.05) is 13.2 Å². The van der Waals surface area contributed by atoms with E-state index in [2.05, 4.69) is 17.1 Å². The maximum atomic E-state index is 5.95. The molecule has 18 heavy (non-hydrogen) atoms. The van der Waals surface area contributed by atoms with E-state index in [1.807, 2.05) is 6.92 Å². The van der Waals surface area contributed by atoms with E-state index in [4.69, 9.17) is 15.0 Å². The summed E-state index contributed by atoms with van der Waals surface area (Å²) in [5.74, 6) is 1.46. The van der Waals surface area contributed by atoms with Crippen LogP contribution in [0.25, 0.3) is 0 Å². The van der Waals surface area contributed by atoms with Crippen LogP contribution in [0.4, 0.5) is 0 Å². The Kier molecular flexibility index (Phi) is 4.02. The van der Waals surface area contributed by atoms with Gasteiger partial charge in [0.1, 0.15) is 5.60 Å². The summed E-state index contributed by atoms with van der Waals surface area (Å²) in [4.78, 5) is 4.54. The maximum absolute atomic E-state index is 5.95. The zero-order valence-electron chi connectivity index (χ0n) is 11.5. The van der Waals surface area contributed by atoms with E-state index in [9.17, 15) is 0 Å². The first kappa shape index (κ1) is 13.5. The van der Waals surface area contributed by atoms with E-state index >= 15 is 0 Å². The van der Waals surface area contributed by atoms with Crippen molar-refractivity contribution in [2.75, 3.05) is 7.11 Å². The molecule has 1 aliphatic carbocycles. The molecule has 0 radical (unpaired) electrons. The number of nitrogens with zero attached hydrogens (tertiary/aromatic N) is 2. The van der Waals surface area contributed by atoms with Crippen molar-refractivity contribution in [3.05, 3.63) is 11.7 Å². The highest BCUT2D eigenvalue weighted by Gasteiger charge is 2.40. The summed E-state index contributed by atoms with van der Waals surface area (Å²) in [5, 5.41) is 4.13. The maximum Gasteiger partial charge on any atom is 0.231 e. The largest absolute Gasteiger partial charge is 0.370 e. The van der Waals surface area contributed by atoms with Crippen molar-refractivity contribution in [1.29, 1.82) is 0 Å². The van der Waals surface area contributed by atoms with Gasteiger partial charge in [0.25, 0.3) is 0 Å². The second-order valence-electron chi connectivity index (χ2n) is 5.24. The van der Waals surface area contributed by atoms with Crippen LogP contribution in [-0.4, -0.2) is 23.3 Å². The van der Waals surface area contributed by atoms with Crippen molar-refractivity contribution in [3.63, 3.8) is 0 Å². The van der Waals surface area contributed by atoms with Gasteiger partial charge in [-0.1, -0.05) is 12.1 Å². The van der Waals surface area contributed by atoms with Gasteiger partial charge in [-0.3, -0.25) is 0 Å². The smallest absolute Gasteiger partial charge is 0.231 e. The van der Waals surface area contributed by atoms with Crippen LogP contribution in [0.3, 0.4) is 0 Å². The molecular formula is C13H23N3O2. The van der Waals surface area contributed by atoms with E-state index < -0.39 is 0 Å². The summed E-state index contributed by atoms with van der Waals surface area (Å²) in [6.45, 7) is 4.05. The van der Waals surface area contributed by atoms with Crippen LogP contribution in [0, 0.1) is 0 Å². The SMILES string of the molecule is CCC(c1nc(C2(OC)CCCC2)no1)C(C)N. The lowest BCUT2D eigenvalue weighted by Crippen LogP contribution is -2.27. The third-order valence-corrected chi connectivity index (χ3v) is 4.04. The molecule has 2 unspecified atom stereocenters. The monoisotopic (exact) mass is 253 g/mol. The average molecular weight is 253 g/mol. The van der Waals surface area contributed by atoms with Crippen LogP contribution in [-0.2, 0) is 10.3 Å². The Morgan fingerprint density at radius 2 is 2.11 bits per heavy atom. The van der Waals surface area contributed by atoms with Crippen molar-refractivity contribution in [2.45, 2.75) is 63.5 Å². The fourth-order valence-electron chi connectivity index (χ4n) is 2.81. The highest BCUT2D eigenvalue weighted by molar-refractivity contribution is 5.07. The van der Waals surface area contributed by atoms with E-state index in [-0.39, 0.29) is 17.6 Å². The summed E-state index contributed by atoms with van der Waals surface area (Å²) >= 11 is 0. The highest BCUT2D eigenvalue weighted by atomic mass is 16.5. The van der Waals surface area contributed by atoms with E-state index in [1.165, 1.54) is 0 Å². The fourth-order valence-corrected chi connectivity index (χ4v) is 2.81. The third-order valence-electron chi connectivity index (χ3n) is 4.04. The lowest BCUT2D eigenvalue weighted by Gasteiger charge is -2.22. The van der Waals surface area contributed by atoms with Crippen LogP contribution in [0.2, 0.25) is 0 Å². The average Bonchev–Trinajstić information content (AvgIpc) is 2.98. The standard InChI is InChI=1S/C13H23N3O2/c1-4-10(9(2)14)11-15-12(16-18-11)13(17-3)7-5-6-8-13/h9-10H,4-8,14H2,1-3H3. The zero-order chi connectivity index (χ0) is 13.2. The Morgan fingerprint density at radius 3 is 2.61 bits per heavy atom. The zero-order valence-corrected chi connectivity index (χ0v) is 11.5. The molecule has 0 amide bonds. The lowest BCUT2D eigenvalue weighted by atomic mass is 9.98. The number of aromatic nitrogens is 2. The van der Waals surface area contributed by atoms with E-state index in [0.29, 0.717) is 11.7 Å². The van der Waals surface area contributed by atoms with Gasteiger partial charge >= 0.3 is 0 Å². The van der Waals surface area contributed by atoms with Gasteiger partial charge in [0.05, 0.1) is 5.92 Å². The van der Waals surface area contributed by atoms with Crippen molar-refractivity contribution < 1.29 is 9.26 Å². The molecule has 5 nitrogen and oxygen atoms in total. The van der Waals surface area contributed by atoms with Gasteiger partial charge in [0.2, 0.25) is 11.7 Å². The molecule has 102 valence electrons. The summed E-state index contributed by atoms with van der Waals surface area (Å²) in [5.41, 5.74) is 5.61. The van der Waals surface area contributed by atoms with Crippen molar-refractivity contribution in [2.24, 2.45) is 5.73 Å². The van der Waals surface area contributed by atoms with Crippen LogP contribution in [0.15, 0.2) is 4.52 Å². The van der Waals surface area contributed by atoms with Gasteiger partial charge in [-0.25, -0.2) is 0 Å². The number of hydrogen-bond donors (Lipinski definition) is 1. The Balaban J connectivity index is 2.24. The summed E-state index contributed by atoms with van der Waals surface area (Å²) < 4.78 is 11.1. The summed E-state index contributed by atoms with van der Waals surface area (Å²) in [6, 6.07) is 0.0189. The molecular weight excluding hydrogens is 230 g/mol. The Morgan fingerprint density at radius 1 is 1.44 bits per heavy atom. The van der Waals surface area contributed by atoms with Gasteiger partial charge in [0.15, 0.2) is 0 Å². The molecule has 5 heteroatoms. The molecule has 2 atom stereocenters. The first-order valence-corrected chi connectivity index (χ1v) is 6.78. The lowest BCUT2D eigenvalue weighted by molar-refractivity contribution is -0.0178. The topological polar surface area (TPSA) is 74.2 Å². The van der Waals surface area contributed by atoms with Gasteiger partial charge < -0.3 is 15.0 Å². The molecule has 1 aliphatic rings. The normalized spacial score (nSPS) is 22.0. The first-order chi connectivity index (χ1) is 8.63. The number of methoxy groups -OCH3 is 1. The molecule has 1 heterocycles. The summed E-state index contributed by atoms with van der Waals surface area (Å²) in [7, 11) is 1.73. The van der Waals surface area contributed by atoms with Crippen LogP contribution < -0.4 is 5.73 Å². The molecule has 0 spiro atoms. The molecule has 2 rings (SSSR count). The van der Waals surface area contributed by atoms with Crippen LogP contribution in [0.1, 0.15) is 63.6 Å². The van der Waals surface area contributed by atoms with Crippen molar-refractivity contribution in [3.8, 4) is 0 Å². The predicted octanol–water partition coefficient (Wildman–Crippen LogP) is 2.33. The Hall–Kier alpha value is -0.940. The van der Waals surface area contributed by atoms with Crippen LogP contribution >= 0.6 is 0 Å². The first-order valence-electron chi connectivity index (χ1n) is 6.78. The van der Waals surface area contributed by atoms with Gasteiger partial charge in [-0.2, -0.15) is 4.98 Å². The third kappa shape index (κ3) is 2.29. The Labute approximate surface area is 108 Å². The summed E-state index contributed by atoms with van der Waals surface area (Å²) in [6.07, 6.45) is 5.15. The minimum atomic E-state index is -0.335. The number of nitrogens with two attached hydrogens (primary N) is 1. The van der Waals surface area contributed by atoms with Gasteiger partial charge in [-0.05, 0) is 39.0 Å². The highest BCUT2D eigenvalue weighted by Crippen LogP contribution is 2.40. The van der Waals surface area contributed by atoms with Gasteiger partial charge in [-0.15, -0.1) is 0 Å². The quantitative estimate of drug-likeness (QED) is 0.871. The minimum Gasteiger partial charge on any atom is -0.370 e. The molecule has 0 aliphatic heterocycles. The molecule has 0 aromatic carbocycles. The van der Waals surface area contributed by atoms with Crippen molar-refractivity contribution in [1.82, 2.24) is 10.1 Å². The van der Waals surface area contributed by atoms with E-state index in [0.717, 1.165) is 32.1 Å². The molecule has 0 saturated heterocycles. The molecule has 1 fully saturated rings. The number of hydrogen-bond acceptors (Lipinski definition) is 5. The van der Waals surface area contributed by atoms with E-state index in [1.54, 1.807) is 7.11 Å². The predicted molar refractivity (Wildman–Crippen MR) is 68.1 cm³/mol. The Bertz CT molecular complexity index is 383. The molecule has 1 aromatic heterocycles. The number of ether oxygens (including phenoxy) is 1. The second kappa shape index (κ2) is 5.36. The van der Waals surface area contributed by atoms with Crippen LogP contribution in [0.5, 0.6) is 0 Å².